The molecule has 24 heavy (non-hydrogen) atoms. The van der Waals surface area contributed by atoms with Crippen LogP contribution >= 0.6 is 0 Å². The molecule has 0 amide bonds. The van der Waals surface area contributed by atoms with Gasteiger partial charge in [0.25, 0.3) is 0 Å². The first-order valence-electron chi connectivity index (χ1n) is 8.75. The Labute approximate surface area is 142 Å². The van der Waals surface area contributed by atoms with Crippen molar-refractivity contribution >= 4 is 0 Å². The monoisotopic (exact) mass is 325 g/mol. The third kappa shape index (κ3) is 3.74. The third-order valence-electron chi connectivity index (χ3n) is 4.71. The molecular formula is C19H23N3O2. The number of allylic oxidation sites excluding steroid dienone is 2. The van der Waals surface area contributed by atoms with E-state index >= 15 is 0 Å². The average Bonchev–Trinajstić information content (AvgIpc) is 3.29. The van der Waals surface area contributed by atoms with Crippen molar-refractivity contribution in [3.63, 3.8) is 0 Å². The molecule has 0 spiro atoms. The summed E-state index contributed by atoms with van der Waals surface area (Å²) in [6.07, 6.45) is 7.68. The molecule has 0 radical (unpaired) electrons. The molecule has 5 heteroatoms. The van der Waals surface area contributed by atoms with Gasteiger partial charge >= 0.3 is 0 Å². The fourth-order valence-electron chi connectivity index (χ4n) is 3.37. The zero-order valence-electron chi connectivity index (χ0n) is 13.9. The van der Waals surface area contributed by atoms with Crippen LogP contribution in [-0.4, -0.2) is 41.3 Å². The van der Waals surface area contributed by atoms with Gasteiger partial charge in [-0.15, -0.1) is 0 Å². The maximum Gasteiger partial charge on any atom is 0.227 e. The van der Waals surface area contributed by atoms with Gasteiger partial charge in [0.05, 0.1) is 13.2 Å². The molecule has 1 aliphatic carbocycles. The number of nitrogens with zero attached hydrogens (tertiary/aromatic N) is 3. The summed E-state index contributed by atoms with van der Waals surface area (Å²) >= 11 is 0. The van der Waals surface area contributed by atoms with Crippen LogP contribution in [-0.2, 0) is 17.7 Å². The molecule has 0 unspecified atom stereocenters. The summed E-state index contributed by atoms with van der Waals surface area (Å²) < 4.78 is 10.9. The maximum atomic E-state index is 5.45. The minimum absolute atomic E-state index is 0.547. The standard InChI is InChI=1S/C19H23N3O2/c1-2-5-15(4-1)13-18-20-19(21-24-18)17-7-3-6-16(12-17)14-22-8-10-23-11-9-22/h1,3-4,6-7,12,15H,2,5,8-11,13-14H2/t15-/m1/s1. The first-order chi connectivity index (χ1) is 11.9. The van der Waals surface area contributed by atoms with Crippen LogP contribution in [0.15, 0.2) is 40.9 Å². The van der Waals surface area contributed by atoms with Crippen LogP contribution < -0.4 is 0 Å². The predicted octanol–water partition coefficient (Wildman–Crippen LogP) is 3.08. The van der Waals surface area contributed by atoms with E-state index in [0.29, 0.717) is 11.7 Å². The van der Waals surface area contributed by atoms with Crippen LogP contribution in [0.3, 0.4) is 0 Å². The molecule has 1 aromatic heterocycles. The van der Waals surface area contributed by atoms with Gasteiger partial charge in [0.2, 0.25) is 11.7 Å². The minimum atomic E-state index is 0.547. The second-order valence-electron chi connectivity index (χ2n) is 6.57. The van der Waals surface area contributed by atoms with Gasteiger partial charge in [-0.05, 0) is 30.4 Å². The van der Waals surface area contributed by atoms with Crippen molar-refractivity contribution in [3.05, 3.63) is 47.9 Å². The number of benzene rings is 1. The third-order valence-corrected chi connectivity index (χ3v) is 4.71. The molecule has 0 bridgehead atoms. The lowest BCUT2D eigenvalue weighted by atomic mass is 10.1. The van der Waals surface area contributed by atoms with Gasteiger partial charge in [-0.25, -0.2) is 0 Å². The predicted molar refractivity (Wildman–Crippen MR) is 91.4 cm³/mol. The average molecular weight is 325 g/mol. The molecule has 0 saturated carbocycles. The van der Waals surface area contributed by atoms with Crippen LogP contribution in [0.5, 0.6) is 0 Å². The quantitative estimate of drug-likeness (QED) is 0.791. The molecule has 4 rings (SSSR count). The summed E-state index contributed by atoms with van der Waals surface area (Å²) in [6.45, 7) is 4.57. The summed E-state index contributed by atoms with van der Waals surface area (Å²) in [7, 11) is 0. The van der Waals surface area contributed by atoms with Gasteiger partial charge in [-0.1, -0.05) is 35.5 Å². The molecule has 2 aliphatic rings. The Bertz CT molecular complexity index is 704. The molecular weight excluding hydrogens is 302 g/mol. The summed E-state index contributed by atoms with van der Waals surface area (Å²) in [6, 6.07) is 8.44. The fourth-order valence-corrected chi connectivity index (χ4v) is 3.37. The Kier molecular flexibility index (Phi) is 4.71. The second-order valence-corrected chi connectivity index (χ2v) is 6.57. The van der Waals surface area contributed by atoms with E-state index in [2.05, 4.69) is 45.4 Å². The molecule has 0 N–H and O–H groups in total. The van der Waals surface area contributed by atoms with E-state index in [0.717, 1.165) is 57.1 Å². The van der Waals surface area contributed by atoms with Crippen LogP contribution in [0.2, 0.25) is 0 Å². The molecule has 1 fully saturated rings. The van der Waals surface area contributed by atoms with Crippen LogP contribution in [0, 0.1) is 5.92 Å². The van der Waals surface area contributed by atoms with Crippen LogP contribution in [0.25, 0.3) is 11.4 Å². The van der Waals surface area contributed by atoms with E-state index < -0.39 is 0 Å². The van der Waals surface area contributed by atoms with Gasteiger partial charge in [-0.3, -0.25) is 4.90 Å². The van der Waals surface area contributed by atoms with E-state index in [9.17, 15) is 0 Å². The van der Waals surface area contributed by atoms with Gasteiger partial charge < -0.3 is 9.26 Å². The van der Waals surface area contributed by atoms with E-state index in [1.54, 1.807) is 0 Å². The Morgan fingerprint density at radius 3 is 2.96 bits per heavy atom. The largest absolute Gasteiger partial charge is 0.379 e. The van der Waals surface area contributed by atoms with Crippen molar-refractivity contribution < 1.29 is 9.26 Å². The number of morpholine rings is 1. The Hall–Kier alpha value is -1.98. The van der Waals surface area contributed by atoms with Crippen LogP contribution in [0.4, 0.5) is 0 Å². The topological polar surface area (TPSA) is 51.4 Å². The molecule has 126 valence electrons. The first kappa shape index (κ1) is 15.5. The zero-order chi connectivity index (χ0) is 16.2. The highest BCUT2D eigenvalue weighted by Crippen LogP contribution is 2.23. The smallest absolute Gasteiger partial charge is 0.227 e. The van der Waals surface area contributed by atoms with E-state index in [4.69, 9.17) is 9.26 Å². The number of rotatable bonds is 5. The number of aromatic nitrogens is 2. The fraction of sp³-hybridized carbons (Fsp3) is 0.474. The molecule has 1 aromatic carbocycles. The lowest BCUT2D eigenvalue weighted by molar-refractivity contribution is 0.0342. The van der Waals surface area contributed by atoms with Crippen molar-refractivity contribution in [2.45, 2.75) is 25.8 Å². The van der Waals surface area contributed by atoms with Gasteiger partial charge in [0.1, 0.15) is 0 Å². The Morgan fingerprint density at radius 1 is 1.21 bits per heavy atom. The first-order valence-corrected chi connectivity index (χ1v) is 8.75. The van der Waals surface area contributed by atoms with Crippen molar-refractivity contribution in [1.82, 2.24) is 15.0 Å². The van der Waals surface area contributed by atoms with Crippen molar-refractivity contribution in [3.8, 4) is 11.4 Å². The highest BCUT2D eigenvalue weighted by molar-refractivity contribution is 5.55. The lowest BCUT2D eigenvalue weighted by Crippen LogP contribution is -2.35. The molecule has 2 heterocycles. The number of hydrogen-bond donors (Lipinski definition) is 0. The molecule has 5 nitrogen and oxygen atoms in total. The normalized spacial score (nSPS) is 21.4. The van der Waals surface area contributed by atoms with Crippen molar-refractivity contribution in [1.29, 1.82) is 0 Å². The summed E-state index contributed by atoms with van der Waals surface area (Å²) in [5.41, 5.74) is 2.30. The van der Waals surface area contributed by atoms with E-state index in [1.165, 1.54) is 12.0 Å². The van der Waals surface area contributed by atoms with Gasteiger partial charge in [0.15, 0.2) is 0 Å². The number of hydrogen-bond acceptors (Lipinski definition) is 5. The summed E-state index contributed by atoms with van der Waals surface area (Å²) in [4.78, 5) is 7.00. The zero-order valence-corrected chi connectivity index (χ0v) is 13.9. The highest BCUT2D eigenvalue weighted by Gasteiger charge is 2.16. The van der Waals surface area contributed by atoms with Gasteiger partial charge in [-0.2, -0.15) is 4.98 Å². The summed E-state index contributed by atoms with van der Waals surface area (Å²) in [5, 5.41) is 4.17. The van der Waals surface area contributed by atoms with Crippen molar-refractivity contribution in [2.75, 3.05) is 26.3 Å². The highest BCUT2D eigenvalue weighted by atomic mass is 16.5. The number of ether oxygens (including phenoxy) is 1. The molecule has 2 aromatic rings. The molecule has 1 saturated heterocycles. The minimum Gasteiger partial charge on any atom is -0.379 e. The Balaban J connectivity index is 1.44. The van der Waals surface area contributed by atoms with Crippen LogP contribution in [0.1, 0.15) is 24.3 Å². The molecule has 1 aliphatic heterocycles. The maximum absolute atomic E-state index is 5.45. The second kappa shape index (κ2) is 7.28. The molecule has 1 atom stereocenters. The Morgan fingerprint density at radius 2 is 2.12 bits per heavy atom. The van der Waals surface area contributed by atoms with Gasteiger partial charge in [0, 0.05) is 31.6 Å². The lowest BCUT2D eigenvalue weighted by Gasteiger charge is -2.26. The SMILES string of the molecule is C1=C[C@@H](Cc2nc(-c3cccc(CN4CCOCC4)c3)no2)CC1. The summed E-state index contributed by atoms with van der Waals surface area (Å²) in [5.74, 6) is 1.97. The van der Waals surface area contributed by atoms with E-state index in [-0.39, 0.29) is 0 Å². The van der Waals surface area contributed by atoms with Crippen molar-refractivity contribution in [2.24, 2.45) is 5.92 Å². The van der Waals surface area contributed by atoms with E-state index in [1.807, 2.05) is 6.07 Å².